The Morgan fingerprint density at radius 1 is 1.18 bits per heavy atom. The number of rotatable bonds is 0. The third kappa shape index (κ3) is 1.38. The van der Waals surface area contributed by atoms with Crippen molar-refractivity contribution < 1.29 is 0 Å². The van der Waals surface area contributed by atoms with Gasteiger partial charge in [0.1, 0.15) is 0 Å². The zero-order chi connectivity index (χ0) is 7.68. The van der Waals surface area contributed by atoms with Crippen LogP contribution in [0, 0.1) is 9.64 Å². The van der Waals surface area contributed by atoms with Crippen LogP contribution in [0.2, 0.25) is 0 Å². The van der Waals surface area contributed by atoms with Crippen LogP contribution in [0.3, 0.4) is 0 Å². The first-order chi connectivity index (χ1) is 5.36. The van der Waals surface area contributed by atoms with E-state index in [2.05, 4.69) is 52.9 Å². The van der Waals surface area contributed by atoms with E-state index in [1.54, 1.807) is 0 Å². The minimum atomic E-state index is 1.19. The van der Waals surface area contributed by atoms with Crippen molar-refractivity contribution in [2.75, 3.05) is 0 Å². The molecule has 1 heteroatoms. The lowest BCUT2D eigenvalue weighted by Crippen LogP contribution is -1.73. The molecular weight excluding hydrogens is 247 g/mol. The Morgan fingerprint density at radius 3 is 3.00 bits per heavy atom. The minimum absolute atomic E-state index is 1.19. The largest absolute Gasteiger partial charge is 0.0610 e. The zero-order valence-electron chi connectivity index (χ0n) is 5.84. The van der Waals surface area contributed by atoms with E-state index >= 15 is 0 Å². The van der Waals surface area contributed by atoms with Crippen molar-refractivity contribution in [3.05, 3.63) is 46.0 Å². The summed E-state index contributed by atoms with van der Waals surface area (Å²) in [4.78, 5) is 0. The second-order valence-electron chi connectivity index (χ2n) is 2.40. The second kappa shape index (κ2) is 2.81. The molecule has 0 fully saturated rings. The van der Waals surface area contributed by atoms with Crippen LogP contribution in [0.5, 0.6) is 0 Å². The summed E-state index contributed by atoms with van der Waals surface area (Å²) in [6.45, 7) is 0. The Bertz CT molecular complexity index is 379. The van der Waals surface area contributed by atoms with Gasteiger partial charge in [0, 0.05) is 3.57 Å². The van der Waals surface area contributed by atoms with Gasteiger partial charge >= 0.3 is 0 Å². The van der Waals surface area contributed by atoms with E-state index in [0.29, 0.717) is 0 Å². The molecule has 0 aromatic heterocycles. The van der Waals surface area contributed by atoms with Gasteiger partial charge in [-0.05, 0) is 51.6 Å². The maximum Gasteiger partial charge on any atom is 0.0136 e. The normalized spacial score (nSPS) is 10.3. The number of fused-ring (bicyclic) bond motifs is 1. The predicted octanol–water partition coefficient (Wildman–Crippen LogP) is 3.24. The highest BCUT2D eigenvalue weighted by Gasteiger charge is 1.91. The summed E-state index contributed by atoms with van der Waals surface area (Å²) in [6, 6.07) is 15.6. The maximum absolute atomic E-state index is 3.19. The summed E-state index contributed by atoms with van der Waals surface area (Å²) >= 11 is 2.31. The average Bonchev–Trinajstić information content (AvgIpc) is 2.04. The van der Waals surface area contributed by atoms with Gasteiger partial charge in [-0.15, -0.1) is 0 Å². The highest BCUT2D eigenvalue weighted by atomic mass is 127. The van der Waals surface area contributed by atoms with Gasteiger partial charge in [0.05, 0.1) is 0 Å². The van der Waals surface area contributed by atoms with Crippen LogP contribution in [0.4, 0.5) is 0 Å². The molecule has 2 aromatic rings. The van der Waals surface area contributed by atoms with Gasteiger partial charge in [-0.1, -0.05) is 24.3 Å². The van der Waals surface area contributed by atoms with E-state index in [4.69, 9.17) is 0 Å². The van der Waals surface area contributed by atoms with Crippen LogP contribution in [0.1, 0.15) is 0 Å². The fourth-order valence-electron chi connectivity index (χ4n) is 1.09. The standard InChI is InChI=1S/C10H6I/c11-10-6-5-8-3-1-2-4-9(8)7-10/h1-3,5-7H. The molecule has 0 heterocycles. The van der Waals surface area contributed by atoms with Crippen molar-refractivity contribution in [3.8, 4) is 0 Å². The van der Waals surface area contributed by atoms with Gasteiger partial charge in [0.2, 0.25) is 0 Å². The Kier molecular flexibility index (Phi) is 1.82. The Hall–Kier alpha value is -0.570. The minimum Gasteiger partial charge on any atom is -0.0610 e. The van der Waals surface area contributed by atoms with Gasteiger partial charge in [-0.3, -0.25) is 0 Å². The van der Waals surface area contributed by atoms with Crippen LogP contribution in [-0.2, 0) is 0 Å². The molecule has 0 bridgehead atoms. The fraction of sp³-hybridized carbons (Fsp3) is 0. The van der Waals surface area contributed by atoms with Crippen LogP contribution in [-0.4, -0.2) is 0 Å². The van der Waals surface area contributed by atoms with E-state index in [1.165, 1.54) is 14.3 Å². The molecule has 2 aromatic carbocycles. The lowest BCUT2D eigenvalue weighted by Gasteiger charge is -1.95. The van der Waals surface area contributed by atoms with Crippen molar-refractivity contribution in [2.24, 2.45) is 0 Å². The molecule has 2 rings (SSSR count). The van der Waals surface area contributed by atoms with Gasteiger partial charge < -0.3 is 0 Å². The lowest BCUT2D eigenvalue weighted by atomic mass is 10.1. The number of benzene rings is 2. The van der Waals surface area contributed by atoms with Crippen molar-refractivity contribution >= 4 is 33.4 Å². The topological polar surface area (TPSA) is 0 Å². The molecule has 11 heavy (non-hydrogen) atoms. The molecule has 0 nitrogen and oxygen atoms in total. The summed E-state index contributed by atoms with van der Waals surface area (Å²) < 4.78 is 1.26. The molecular formula is C10H6I. The quantitative estimate of drug-likeness (QED) is 0.632. The Labute approximate surface area is 79.4 Å². The fourth-order valence-corrected chi connectivity index (χ4v) is 1.58. The molecule has 0 saturated heterocycles. The predicted molar refractivity (Wildman–Crippen MR) is 55.5 cm³/mol. The number of halogens is 1. The van der Waals surface area contributed by atoms with Crippen molar-refractivity contribution in [3.63, 3.8) is 0 Å². The first-order valence-electron chi connectivity index (χ1n) is 3.42. The third-order valence-corrected chi connectivity index (χ3v) is 2.30. The maximum atomic E-state index is 3.19. The van der Waals surface area contributed by atoms with E-state index in [-0.39, 0.29) is 0 Å². The average molecular weight is 253 g/mol. The molecule has 0 amide bonds. The molecule has 0 aliphatic heterocycles. The Balaban J connectivity index is 2.83. The SMILES string of the molecule is Ic1ccc2ccc[c]c2c1. The van der Waals surface area contributed by atoms with E-state index in [1.807, 2.05) is 12.1 Å². The second-order valence-corrected chi connectivity index (χ2v) is 3.65. The molecule has 0 saturated carbocycles. The Morgan fingerprint density at radius 2 is 2.09 bits per heavy atom. The van der Waals surface area contributed by atoms with Crippen LogP contribution in [0.25, 0.3) is 10.8 Å². The van der Waals surface area contributed by atoms with Gasteiger partial charge in [0.25, 0.3) is 0 Å². The molecule has 0 unspecified atom stereocenters. The molecule has 0 spiro atoms. The molecule has 1 radical (unpaired) electrons. The number of hydrogen-bond donors (Lipinski definition) is 0. The summed E-state index contributed by atoms with van der Waals surface area (Å²) in [5.74, 6) is 0. The molecule has 0 atom stereocenters. The van der Waals surface area contributed by atoms with Crippen LogP contribution >= 0.6 is 22.6 Å². The monoisotopic (exact) mass is 253 g/mol. The zero-order valence-corrected chi connectivity index (χ0v) is 8.00. The summed E-state index contributed by atoms with van der Waals surface area (Å²) in [5.41, 5.74) is 0. The smallest absolute Gasteiger partial charge is 0.0136 e. The lowest BCUT2D eigenvalue weighted by molar-refractivity contribution is 1.69. The van der Waals surface area contributed by atoms with Crippen molar-refractivity contribution in [1.29, 1.82) is 0 Å². The van der Waals surface area contributed by atoms with Crippen LogP contribution < -0.4 is 0 Å². The molecule has 0 aliphatic carbocycles. The third-order valence-electron chi connectivity index (χ3n) is 1.63. The highest BCUT2D eigenvalue weighted by Crippen LogP contribution is 2.15. The molecule has 53 valence electrons. The van der Waals surface area contributed by atoms with Gasteiger partial charge in [0.15, 0.2) is 0 Å². The summed E-state index contributed by atoms with van der Waals surface area (Å²) in [6.07, 6.45) is 0. The first-order valence-corrected chi connectivity index (χ1v) is 4.50. The highest BCUT2D eigenvalue weighted by molar-refractivity contribution is 14.1. The van der Waals surface area contributed by atoms with E-state index in [9.17, 15) is 0 Å². The number of hydrogen-bond acceptors (Lipinski definition) is 0. The van der Waals surface area contributed by atoms with Gasteiger partial charge in [-0.25, -0.2) is 0 Å². The van der Waals surface area contributed by atoms with Gasteiger partial charge in [-0.2, -0.15) is 0 Å². The van der Waals surface area contributed by atoms with E-state index in [0.717, 1.165) is 0 Å². The molecule has 0 N–H and O–H groups in total. The van der Waals surface area contributed by atoms with E-state index < -0.39 is 0 Å². The van der Waals surface area contributed by atoms with Crippen molar-refractivity contribution in [2.45, 2.75) is 0 Å². The molecule has 0 aliphatic rings. The first kappa shape index (κ1) is 7.10. The summed E-state index contributed by atoms with van der Waals surface area (Å²) in [7, 11) is 0. The van der Waals surface area contributed by atoms with Crippen LogP contribution in [0.15, 0.2) is 36.4 Å². The van der Waals surface area contributed by atoms with Crippen molar-refractivity contribution in [1.82, 2.24) is 0 Å². The summed E-state index contributed by atoms with van der Waals surface area (Å²) in [5, 5.41) is 2.45.